The largest absolute Gasteiger partial charge is 0.385 e. The summed E-state index contributed by atoms with van der Waals surface area (Å²) in [5, 5.41) is 9.24. The number of unbranched alkanes of at least 4 members (excludes halogenated alkanes) is 5. The van der Waals surface area contributed by atoms with Crippen LogP contribution in [0.2, 0.25) is 0 Å². The third-order valence-electron chi connectivity index (χ3n) is 3.01. The van der Waals surface area contributed by atoms with E-state index in [1.165, 1.54) is 32.1 Å². The quantitative estimate of drug-likeness (QED) is 0.656. The van der Waals surface area contributed by atoms with Crippen LogP contribution in [-0.4, -0.2) is 17.0 Å². The average molecular weight is 210 g/mol. The molecule has 1 aliphatic carbocycles. The van der Waals surface area contributed by atoms with Gasteiger partial charge in [-0.05, 0) is 24.8 Å². The van der Waals surface area contributed by atoms with E-state index in [1.54, 1.807) is 0 Å². The highest BCUT2D eigenvalue weighted by Gasteiger charge is 2.23. The van der Waals surface area contributed by atoms with Gasteiger partial charge in [0.2, 0.25) is 0 Å². The highest BCUT2D eigenvalue weighted by molar-refractivity contribution is 6.00. The van der Waals surface area contributed by atoms with E-state index >= 15 is 0 Å². The molecule has 1 atom stereocenters. The summed E-state index contributed by atoms with van der Waals surface area (Å²) in [4.78, 5) is 11.4. The smallest absolute Gasteiger partial charge is 0.187 e. The van der Waals surface area contributed by atoms with E-state index in [4.69, 9.17) is 0 Å². The lowest BCUT2D eigenvalue weighted by molar-refractivity contribution is -0.122. The Morgan fingerprint density at radius 3 is 2.53 bits per heavy atom. The highest BCUT2D eigenvalue weighted by atomic mass is 16.3. The number of aliphatic hydroxyl groups excluding tert-OH is 1. The Balaban J connectivity index is 2.03. The van der Waals surface area contributed by atoms with Gasteiger partial charge in [0.25, 0.3) is 0 Å². The Hall–Kier alpha value is -0.630. The van der Waals surface area contributed by atoms with Crippen LogP contribution in [0.3, 0.4) is 0 Å². The Bertz CT molecular complexity index is 231. The number of rotatable bonds is 7. The molecule has 0 saturated carbocycles. The summed E-state index contributed by atoms with van der Waals surface area (Å²) in [5.74, 6) is -0.0384. The minimum Gasteiger partial charge on any atom is -0.385 e. The number of hydrogen-bond donors (Lipinski definition) is 1. The Morgan fingerprint density at radius 1 is 1.27 bits per heavy atom. The first kappa shape index (κ1) is 12.4. The van der Waals surface area contributed by atoms with Crippen molar-refractivity contribution in [3.05, 3.63) is 11.6 Å². The fraction of sp³-hybridized carbons (Fsp3) is 0.769. The van der Waals surface area contributed by atoms with Gasteiger partial charge in [-0.25, -0.2) is 0 Å². The molecule has 0 aliphatic heterocycles. The van der Waals surface area contributed by atoms with Crippen molar-refractivity contribution in [2.75, 3.05) is 0 Å². The summed E-state index contributed by atoms with van der Waals surface area (Å²) in [6.45, 7) is 2.21. The molecule has 0 heterocycles. The van der Waals surface area contributed by atoms with Gasteiger partial charge in [0.1, 0.15) is 6.10 Å². The van der Waals surface area contributed by atoms with E-state index < -0.39 is 6.10 Å². The lowest BCUT2D eigenvalue weighted by atomic mass is 10.0. The molecule has 1 N–H and O–H groups in total. The molecule has 0 bridgehead atoms. The molecular formula is C13H22O2. The number of ketones is 1. The lowest BCUT2D eigenvalue weighted by Crippen LogP contribution is -2.15. The fourth-order valence-corrected chi connectivity index (χ4v) is 2.00. The SMILES string of the molecule is CCCCCCCCC1=CCC(O)C1=O. The first-order chi connectivity index (χ1) is 7.25. The van der Waals surface area contributed by atoms with Crippen molar-refractivity contribution >= 4 is 5.78 Å². The summed E-state index contributed by atoms with van der Waals surface area (Å²) >= 11 is 0. The van der Waals surface area contributed by atoms with Crippen LogP contribution in [0.25, 0.3) is 0 Å². The van der Waals surface area contributed by atoms with Gasteiger partial charge < -0.3 is 5.11 Å². The molecule has 0 spiro atoms. The normalized spacial score (nSPS) is 20.8. The van der Waals surface area contributed by atoms with Crippen molar-refractivity contribution in [3.8, 4) is 0 Å². The number of carbonyl (C=O) groups excluding carboxylic acids is 1. The van der Waals surface area contributed by atoms with Crippen LogP contribution in [0.5, 0.6) is 0 Å². The molecule has 86 valence electrons. The summed E-state index contributed by atoms with van der Waals surface area (Å²) in [6, 6.07) is 0. The molecule has 0 aromatic carbocycles. The Labute approximate surface area is 92.4 Å². The number of Topliss-reactive ketones (excluding diaryl/α,β-unsaturated/α-hetero) is 1. The number of hydrogen-bond acceptors (Lipinski definition) is 2. The molecule has 1 aliphatic rings. The third-order valence-corrected chi connectivity index (χ3v) is 3.01. The van der Waals surface area contributed by atoms with Crippen LogP contribution in [0.15, 0.2) is 11.6 Å². The maximum atomic E-state index is 11.4. The Kier molecular flexibility index (Phi) is 5.62. The molecule has 2 nitrogen and oxygen atoms in total. The molecule has 0 aromatic rings. The first-order valence-electron chi connectivity index (χ1n) is 6.17. The second kappa shape index (κ2) is 6.78. The molecule has 0 aromatic heterocycles. The van der Waals surface area contributed by atoms with Crippen LogP contribution in [0, 0.1) is 0 Å². The standard InChI is InChI=1S/C13H22O2/c1-2-3-4-5-6-7-8-11-9-10-12(14)13(11)15/h9,12,14H,2-8,10H2,1H3. The van der Waals surface area contributed by atoms with Crippen LogP contribution >= 0.6 is 0 Å². The zero-order valence-corrected chi connectivity index (χ0v) is 9.67. The van der Waals surface area contributed by atoms with Crippen molar-refractivity contribution in [1.29, 1.82) is 0 Å². The van der Waals surface area contributed by atoms with Crippen molar-refractivity contribution < 1.29 is 9.90 Å². The maximum absolute atomic E-state index is 11.4. The molecule has 1 unspecified atom stereocenters. The third kappa shape index (κ3) is 4.17. The molecule has 2 heteroatoms. The predicted molar refractivity (Wildman–Crippen MR) is 61.7 cm³/mol. The van der Waals surface area contributed by atoms with Crippen molar-refractivity contribution in [3.63, 3.8) is 0 Å². The molecule has 1 rings (SSSR count). The molecule has 0 saturated heterocycles. The van der Waals surface area contributed by atoms with Gasteiger partial charge in [-0.1, -0.05) is 45.1 Å². The zero-order valence-electron chi connectivity index (χ0n) is 9.67. The van der Waals surface area contributed by atoms with Gasteiger partial charge in [-0.3, -0.25) is 4.79 Å². The van der Waals surface area contributed by atoms with Crippen LogP contribution in [-0.2, 0) is 4.79 Å². The minimum atomic E-state index is -0.736. The minimum absolute atomic E-state index is 0.0384. The average Bonchev–Trinajstić information content (AvgIpc) is 2.54. The maximum Gasteiger partial charge on any atom is 0.187 e. The van der Waals surface area contributed by atoms with Gasteiger partial charge in [0.15, 0.2) is 5.78 Å². The van der Waals surface area contributed by atoms with E-state index in [2.05, 4.69) is 6.92 Å². The van der Waals surface area contributed by atoms with Gasteiger partial charge in [-0.15, -0.1) is 0 Å². The fourth-order valence-electron chi connectivity index (χ4n) is 2.00. The van der Waals surface area contributed by atoms with Crippen molar-refractivity contribution in [1.82, 2.24) is 0 Å². The molecule has 0 amide bonds. The van der Waals surface area contributed by atoms with E-state index in [-0.39, 0.29) is 5.78 Å². The summed E-state index contributed by atoms with van der Waals surface area (Å²) in [5.41, 5.74) is 0.859. The summed E-state index contributed by atoms with van der Waals surface area (Å²) in [6.07, 6.45) is 10.0. The van der Waals surface area contributed by atoms with Crippen LogP contribution in [0.1, 0.15) is 58.3 Å². The van der Waals surface area contributed by atoms with E-state index in [9.17, 15) is 9.90 Å². The summed E-state index contributed by atoms with van der Waals surface area (Å²) < 4.78 is 0. The van der Waals surface area contributed by atoms with E-state index in [0.717, 1.165) is 18.4 Å². The molecule has 0 radical (unpaired) electrons. The van der Waals surface area contributed by atoms with Gasteiger partial charge in [0, 0.05) is 0 Å². The first-order valence-corrected chi connectivity index (χ1v) is 6.17. The molecule has 15 heavy (non-hydrogen) atoms. The van der Waals surface area contributed by atoms with Crippen molar-refractivity contribution in [2.24, 2.45) is 0 Å². The van der Waals surface area contributed by atoms with E-state index in [0.29, 0.717) is 6.42 Å². The zero-order chi connectivity index (χ0) is 11.1. The lowest BCUT2D eigenvalue weighted by Gasteiger charge is -2.03. The van der Waals surface area contributed by atoms with E-state index in [1.807, 2.05) is 6.08 Å². The summed E-state index contributed by atoms with van der Waals surface area (Å²) in [7, 11) is 0. The topological polar surface area (TPSA) is 37.3 Å². The highest BCUT2D eigenvalue weighted by Crippen LogP contribution is 2.20. The van der Waals surface area contributed by atoms with Crippen LogP contribution in [0.4, 0.5) is 0 Å². The monoisotopic (exact) mass is 210 g/mol. The van der Waals surface area contributed by atoms with Crippen molar-refractivity contribution in [2.45, 2.75) is 64.4 Å². The number of carbonyl (C=O) groups is 1. The van der Waals surface area contributed by atoms with Gasteiger partial charge >= 0.3 is 0 Å². The molecular weight excluding hydrogens is 188 g/mol. The second-order valence-corrected chi connectivity index (χ2v) is 4.36. The predicted octanol–water partition coefficient (Wildman–Crippen LogP) is 3.00. The Morgan fingerprint density at radius 2 is 1.93 bits per heavy atom. The molecule has 0 fully saturated rings. The van der Waals surface area contributed by atoms with Crippen LogP contribution < -0.4 is 0 Å². The second-order valence-electron chi connectivity index (χ2n) is 4.36. The number of aliphatic hydroxyl groups is 1. The van der Waals surface area contributed by atoms with Gasteiger partial charge in [0.05, 0.1) is 0 Å². The van der Waals surface area contributed by atoms with Gasteiger partial charge in [-0.2, -0.15) is 0 Å².